The number of hydrogen-bond donors (Lipinski definition) is 1. The fourth-order valence-electron chi connectivity index (χ4n) is 3.04. The highest BCUT2D eigenvalue weighted by atomic mass is 32.2. The predicted octanol–water partition coefficient (Wildman–Crippen LogP) is 2.18. The summed E-state index contributed by atoms with van der Waals surface area (Å²) >= 11 is 0. The molecule has 0 aliphatic carbocycles. The molecular weight excluding hydrogens is 402 g/mol. The number of rotatable bonds is 6. The van der Waals surface area contributed by atoms with E-state index in [1.807, 2.05) is 6.07 Å². The standard InChI is InChI=1S/C18H21N3O5S2/c1-26-16-9-5-7-14(11-16)18-12-17(19-21(18)28(3,24)25)13-6-4-8-15(10-13)20-27(2,22)23/h4-11,18,20H,12H2,1-3H3/t18-/m1/s1. The van der Waals surface area contributed by atoms with Crippen LogP contribution in [0.25, 0.3) is 0 Å². The summed E-state index contributed by atoms with van der Waals surface area (Å²) in [6.45, 7) is 0. The van der Waals surface area contributed by atoms with Crippen LogP contribution < -0.4 is 9.46 Å². The van der Waals surface area contributed by atoms with Gasteiger partial charge in [0, 0.05) is 12.1 Å². The Morgan fingerprint density at radius 2 is 1.79 bits per heavy atom. The molecule has 0 aromatic heterocycles. The number of ether oxygens (including phenoxy) is 1. The first-order valence-electron chi connectivity index (χ1n) is 8.36. The quantitative estimate of drug-likeness (QED) is 0.767. The van der Waals surface area contributed by atoms with Crippen LogP contribution in [0.3, 0.4) is 0 Å². The lowest BCUT2D eigenvalue weighted by atomic mass is 9.99. The van der Waals surface area contributed by atoms with Gasteiger partial charge in [0.05, 0.1) is 31.4 Å². The zero-order valence-corrected chi connectivity index (χ0v) is 17.3. The van der Waals surface area contributed by atoms with Gasteiger partial charge in [-0.1, -0.05) is 24.3 Å². The smallest absolute Gasteiger partial charge is 0.247 e. The number of methoxy groups -OCH3 is 1. The lowest BCUT2D eigenvalue weighted by Crippen LogP contribution is -2.25. The molecule has 1 heterocycles. The first-order chi connectivity index (χ1) is 13.1. The Morgan fingerprint density at radius 1 is 1.07 bits per heavy atom. The van der Waals surface area contributed by atoms with Gasteiger partial charge in [0.25, 0.3) is 0 Å². The van der Waals surface area contributed by atoms with E-state index in [9.17, 15) is 16.8 Å². The third-order valence-corrected chi connectivity index (χ3v) is 5.81. The molecule has 1 atom stereocenters. The molecule has 2 aromatic rings. The van der Waals surface area contributed by atoms with Crippen LogP contribution in [0, 0.1) is 0 Å². The van der Waals surface area contributed by atoms with E-state index in [2.05, 4.69) is 9.82 Å². The first kappa shape index (κ1) is 20.2. The molecule has 0 spiro atoms. The summed E-state index contributed by atoms with van der Waals surface area (Å²) in [6, 6.07) is 13.4. The Hall–Kier alpha value is -2.59. The van der Waals surface area contributed by atoms with Gasteiger partial charge in [-0.15, -0.1) is 0 Å². The highest BCUT2D eigenvalue weighted by molar-refractivity contribution is 7.92. The average molecular weight is 424 g/mol. The molecule has 3 rings (SSSR count). The van der Waals surface area contributed by atoms with Crippen molar-refractivity contribution in [2.45, 2.75) is 12.5 Å². The zero-order valence-electron chi connectivity index (χ0n) is 15.7. The monoisotopic (exact) mass is 423 g/mol. The molecule has 8 nitrogen and oxygen atoms in total. The van der Waals surface area contributed by atoms with Gasteiger partial charge < -0.3 is 4.74 Å². The molecule has 0 unspecified atom stereocenters. The summed E-state index contributed by atoms with van der Waals surface area (Å²) in [5.41, 5.74) is 2.34. The van der Waals surface area contributed by atoms with E-state index in [4.69, 9.17) is 4.74 Å². The SMILES string of the molecule is COc1cccc([C@H]2CC(c3cccc(NS(C)(=O)=O)c3)=NN2S(C)(=O)=O)c1. The molecule has 1 aliphatic rings. The van der Waals surface area contributed by atoms with Crippen LogP contribution in [0.2, 0.25) is 0 Å². The topological polar surface area (TPSA) is 105 Å². The van der Waals surface area contributed by atoms with Crippen molar-refractivity contribution in [2.24, 2.45) is 5.10 Å². The molecule has 0 saturated carbocycles. The molecule has 0 amide bonds. The Balaban J connectivity index is 1.98. The van der Waals surface area contributed by atoms with Crippen molar-refractivity contribution in [3.63, 3.8) is 0 Å². The summed E-state index contributed by atoms with van der Waals surface area (Å²) in [4.78, 5) is 0. The van der Waals surface area contributed by atoms with Gasteiger partial charge >= 0.3 is 0 Å². The van der Waals surface area contributed by atoms with Crippen LogP contribution in [0.4, 0.5) is 5.69 Å². The van der Waals surface area contributed by atoms with E-state index < -0.39 is 26.1 Å². The fraction of sp³-hybridized carbons (Fsp3) is 0.278. The zero-order chi connectivity index (χ0) is 20.5. The van der Waals surface area contributed by atoms with Gasteiger partial charge in [-0.3, -0.25) is 4.72 Å². The van der Waals surface area contributed by atoms with Crippen molar-refractivity contribution in [3.05, 3.63) is 59.7 Å². The van der Waals surface area contributed by atoms with E-state index in [-0.39, 0.29) is 0 Å². The molecule has 1 N–H and O–H groups in total. The van der Waals surface area contributed by atoms with Crippen LogP contribution in [0.5, 0.6) is 5.75 Å². The highest BCUT2D eigenvalue weighted by Crippen LogP contribution is 2.36. The van der Waals surface area contributed by atoms with Gasteiger partial charge in [0.2, 0.25) is 20.0 Å². The van der Waals surface area contributed by atoms with Gasteiger partial charge in [-0.2, -0.15) is 9.52 Å². The molecule has 1 aliphatic heterocycles. The fourth-order valence-corrected chi connectivity index (χ4v) is 4.50. The summed E-state index contributed by atoms with van der Waals surface area (Å²) in [5, 5.41) is 4.32. The average Bonchev–Trinajstić information content (AvgIpc) is 3.06. The second-order valence-electron chi connectivity index (χ2n) is 6.53. The third kappa shape index (κ3) is 4.63. The van der Waals surface area contributed by atoms with Crippen molar-refractivity contribution in [2.75, 3.05) is 24.3 Å². The molecular formula is C18H21N3O5S2. The Morgan fingerprint density at radius 3 is 2.43 bits per heavy atom. The first-order valence-corrected chi connectivity index (χ1v) is 12.1. The Bertz CT molecular complexity index is 1130. The lowest BCUT2D eigenvalue weighted by molar-refractivity contribution is 0.371. The molecule has 0 fully saturated rings. The maximum atomic E-state index is 12.3. The summed E-state index contributed by atoms with van der Waals surface area (Å²) in [7, 11) is -5.48. The van der Waals surface area contributed by atoms with Crippen LogP contribution in [0.1, 0.15) is 23.6 Å². The molecule has 150 valence electrons. The van der Waals surface area contributed by atoms with E-state index in [1.165, 1.54) is 0 Å². The second-order valence-corrected chi connectivity index (χ2v) is 10.1. The van der Waals surface area contributed by atoms with E-state index in [0.29, 0.717) is 29.1 Å². The summed E-state index contributed by atoms with van der Waals surface area (Å²) in [5.74, 6) is 0.624. The van der Waals surface area contributed by atoms with Crippen LogP contribution in [-0.2, 0) is 20.0 Å². The molecule has 0 bridgehead atoms. The second kappa shape index (κ2) is 7.44. The number of hydrogen-bond acceptors (Lipinski definition) is 6. The molecule has 0 radical (unpaired) electrons. The van der Waals surface area contributed by atoms with Crippen molar-refractivity contribution < 1.29 is 21.6 Å². The maximum Gasteiger partial charge on any atom is 0.247 e. The molecule has 2 aromatic carbocycles. The predicted molar refractivity (Wildman–Crippen MR) is 108 cm³/mol. The number of sulfonamides is 2. The number of nitrogens with one attached hydrogen (secondary N) is 1. The highest BCUT2D eigenvalue weighted by Gasteiger charge is 2.34. The normalized spacial score (nSPS) is 17.3. The van der Waals surface area contributed by atoms with E-state index in [1.54, 1.807) is 49.6 Å². The number of anilines is 1. The minimum absolute atomic E-state index is 0.350. The van der Waals surface area contributed by atoms with Crippen LogP contribution >= 0.6 is 0 Å². The van der Waals surface area contributed by atoms with Gasteiger partial charge in [0.15, 0.2) is 0 Å². The maximum absolute atomic E-state index is 12.3. The van der Waals surface area contributed by atoms with Gasteiger partial charge in [0.1, 0.15) is 5.75 Å². The van der Waals surface area contributed by atoms with E-state index >= 15 is 0 Å². The van der Waals surface area contributed by atoms with Crippen molar-refractivity contribution >= 4 is 31.4 Å². The Kier molecular flexibility index (Phi) is 5.35. The van der Waals surface area contributed by atoms with Gasteiger partial charge in [-0.25, -0.2) is 16.8 Å². The third-order valence-electron chi connectivity index (χ3n) is 4.19. The molecule has 28 heavy (non-hydrogen) atoms. The largest absolute Gasteiger partial charge is 0.497 e. The minimum atomic E-state index is -3.61. The van der Waals surface area contributed by atoms with Crippen molar-refractivity contribution in [1.29, 1.82) is 0 Å². The number of benzene rings is 2. The van der Waals surface area contributed by atoms with Crippen LogP contribution in [-0.4, -0.2) is 46.6 Å². The lowest BCUT2D eigenvalue weighted by Gasteiger charge is -2.21. The Labute approximate surface area is 164 Å². The van der Waals surface area contributed by atoms with Crippen LogP contribution in [0.15, 0.2) is 53.6 Å². The summed E-state index contributed by atoms with van der Waals surface area (Å²) in [6.07, 6.45) is 2.52. The molecule has 10 heteroatoms. The summed E-state index contributed by atoms with van der Waals surface area (Å²) < 4.78 is 56.3. The number of hydrazone groups is 1. The molecule has 0 saturated heterocycles. The number of nitrogens with zero attached hydrogens (tertiary/aromatic N) is 2. The van der Waals surface area contributed by atoms with Crippen molar-refractivity contribution in [1.82, 2.24) is 4.41 Å². The minimum Gasteiger partial charge on any atom is -0.497 e. The van der Waals surface area contributed by atoms with Gasteiger partial charge in [-0.05, 0) is 35.4 Å². The van der Waals surface area contributed by atoms with E-state index in [0.717, 1.165) is 22.5 Å². The van der Waals surface area contributed by atoms with Crippen molar-refractivity contribution in [3.8, 4) is 5.75 Å².